The van der Waals surface area contributed by atoms with E-state index in [0.717, 1.165) is 24.5 Å². The number of hydrogen-bond donors (Lipinski definition) is 1. The molecular weight excluding hydrogens is 224 g/mol. The van der Waals surface area contributed by atoms with Crippen molar-refractivity contribution in [2.45, 2.75) is 38.8 Å². The van der Waals surface area contributed by atoms with E-state index in [0.29, 0.717) is 12.1 Å². The van der Waals surface area contributed by atoms with Crippen LogP contribution in [0.4, 0.5) is 0 Å². The van der Waals surface area contributed by atoms with Crippen molar-refractivity contribution < 1.29 is 4.74 Å². The van der Waals surface area contributed by atoms with Crippen molar-refractivity contribution in [3.8, 4) is 5.75 Å². The first-order chi connectivity index (χ1) is 8.62. The average molecular weight is 248 g/mol. The molecule has 1 aliphatic rings. The standard InChI is InChI=1S/C15H24N2O/c1-15(2)8-3-9-17(15)10-11-18-14-6-4-13(12-16)5-7-14/h4-7H,3,8-12,16H2,1-2H3. The molecule has 1 aromatic carbocycles. The van der Waals surface area contributed by atoms with Gasteiger partial charge < -0.3 is 10.5 Å². The van der Waals surface area contributed by atoms with Crippen molar-refractivity contribution in [2.75, 3.05) is 19.7 Å². The van der Waals surface area contributed by atoms with Gasteiger partial charge in [-0.1, -0.05) is 12.1 Å². The second-order valence-electron chi connectivity index (χ2n) is 5.60. The zero-order chi connectivity index (χ0) is 13.0. The van der Waals surface area contributed by atoms with Gasteiger partial charge in [-0.05, 0) is 50.9 Å². The van der Waals surface area contributed by atoms with Crippen molar-refractivity contribution in [3.63, 3.8) is 0 Å². The zero-order valence-electron chi connectivity index (χ0n) is 11.5. The maximum absolute atomic E-state index is 5.78. The summed E-state index contributed by atoms with van der Waals surface area (Å²) in [4.78, 5) is 2.52. The Bertz CT molecular complexity index is 373. The van der Waals surface area contributed by atoms with Crippen LogP contribution in [-0.2, 0) is 6.54 Å². The molecule has 1 aliphatic heterocycles. The SMILES string of the molecule is CC1(C)CCCN1CCOc1ccc(CN)cc1. The molecule has 18 heavy (non-hydrogen) atoms. The number of nitrogens with zero attached hydrogens (tertiary/aromatic N) is 1. The van der Waals surface area contributed by atoms with Crippen LogP contribution in [0.1, 0.15) is 32.3 Å². The first-order valence-electron chi connectivity index (χ1n) is 6.79. The highest BCUT2D eigenvalue weighted by Crippen LogP contribution is 2.27. The number of benzene rings is 1. The monoisotopic (exact) mass is 248 g/mol. The lowest BCUT2D eigenvalue weighted by Crippen LogP contribution is -2.40. The van der Waals surface area contributed by atoms with Crippen LogP contribution in [0.3, 0.4) is 0 Å². The minimum absolute atomic E-state index is 0.340. The topological polar surface area (TPSA) is 38.5 Å². The summed E-state index contributed by atoms with van der Waals surface area (Å²) in [6.07, 6.45) is 2.59. The van der Waals surface area contributed by atoms with Crippen LogP contribution in [0.15, 0.2) is 24.3 Å². The van der Waals surface area contributed by atoms with Crippen molar-refractivity contribution in [3.05, 3.63) is 29.8 Å². The molecule has 3 nitrogen and oxygen atoms in total. The molecule has 0 atom stereocenters. The summed E-state index contributed by atoms with van der Waals surface area (Å²) >= 11 is 0. The van der Waals surface area contributed by atoms with E-state index in [1.165, 1.54) is 19.4 Å². The molecule has 3 heteroatoms. The summed E-state index contributed by atoms with van der Waals surface area (Å²) in [5, 5.41) is 0. The van der Waals surface area contributed by atoms with E-state index in [1.54, 1.807) is 0 Å². The van der Waals surface area contributed by atoms with Gasteiger partial charge in [-0.25, -0.2) is 0 Å². The highest BCUT2D eigenvalue weighted by Gasteiger charge is 2.31. The largest absolute Gasteiger partial charge is 0.492 e. The second-order valence-corrected chi connectivity index (χ2v) is 5.60. The average Bonchev–Trinajstić information content (AvgIpc) is 2.70. The van der Waals surface area contributed by atoms with Gasteiger partial charge in [-0.15, -0.1) is 0 Å². The lowest BCUT2D eigenvalue weighted by molar-refractivity contribution is 0.143. The summed E-state index contributed by atoms with van der Waals surface area (Å²) in [5.41, 5.74) is 7.05. The van der Waals surface area contributed by atoms with Gasteiger partial charge >= 0.3 is 0 Å². The first-order valence-corrected chi connectivity index (χ1v) is 6.79. The first kappa shape index (κ1) is 13.4. The third-order valence-electron chi connectivity index (χ3n) is 3.86. The molecule has 0 aromatic heterocycles. The maximum atomic E-state index is 5.78. The minimum atomic E-state index is 0.340. The quantitative estimate of drug-likeness (QED) is 0.869. The molecule has 1 heterocycles. The Hall–Kier alpha value is -1.06. The zero-order valence-corrected chi connectivity index (χ0v) is 11.5. The molecule has 0 spiro atoms. The van der Waals surface area contributed by atoms with E-state index < -0.39 is 0 Å². The highest BCUT2D eigenvalue weighted by molar-refractivity contribution is 5.27. The van der Waals surface area contributed by atoms with E-state index >= 15 is 0 Å². The van der Waals surface area contributed by atoms with Crippen LogP contribution in [-0.4, -0.2) is 30.1 Å². The van der Waals surface area contributed by atoms with Crippen molar-refractivity contribution >= 4 is 0 Å². The number of nitrogens with two attached hydrogens (primary N) is 1. The molecule has 0 radical (unpaired) electrons. The van der Waals surface area contributed by atoms with Crippen LogP contribution in [0.2, 0.25) is 0 Å². The summed E-state index contributed by atoms with van der Waals surface area (Å²) < 4.78 is 5.78. The Morgan fingerprint density at radius 1 is 1.28 bits per heavy atom. The molecule has 100 valence electrons. The minimum Gasteiger partial charge on any atom is -0.492 e. The van der Waals surface area contributed by atoms with Crippen LogP contribution < -0.4 is 10.5 Å². The van der Waals surface area contributed by atoms with E-state index in [2.05, 4.69) is 18.7 Å². The molecule has 0 saturated carbocycles. The third-order valence-corrected chi connectivity index (χ3v) is 3.86. The van der Waals surface area contributed by atoms with Gasteiger partial charge in [0.05, 0.1) is 0 Å². The Kier molecular flexibility index (Phi) is 4.25. The predicted molar refractivity (Wildman–Crippen MR) is 74.7 cm³/mol. The molecule has 1 fully saturated rings. The molecule has 0 bridgehead atoms. The van der Waals surface area contributed by atoms with Crippen LogP contribution in [0.5, 0.6) is 5.75 Å². The Morgan fingerprint density at radius 3 is 2.56 bits per heavy atom. The van der Waals surface area contributed by atoms with Crippen molar-refractivity contribution in [1.82, 2.24) is 4.90 Å². The predicted octanol–water partition coefficient (Wildman–Crippen LogP) is 2.40. The fourth-order valence-corrected chi connectivity index (χ4v) is 2.57. The number of ether oxygens (including phenoxy) is 1. The molecule has 1 aromatic rings. The summed E-state index contributed by atoms with van der Waals surface area (Å²) in [7, 11) is 0. The lowest BCUT2D eigenvalue weighted by atomic mass is 10.0. The van der Waals surface area contributed by atoms with Crippen LogP contribution >= 0.6 is 0 Å². The van der Waals surface area contributed by atoms with Gasteiger partial charge in [0.25, 0.3) is 0 Å². The Labute approximate surface area is 110 Å². The van der Waals surface area contributed by atoms with E-state index in [1.807, 2.05) is 24.3 Å². The lowest BCUT2D eigenvalue weighted by Gasteiger charge is -2.31. The molecule has 2 N–H and O–H groups in total. The highest BCUT2D eigenvalue weighted by atomic mass is 16.5. The fourth-order valence-electron chi connectivity index (χ4n) is 2.57. The summed E-state index contributed by atoms with van der Waals surface area (Å²) in [6, 6.07) is 8.04. The van der Waals surface area contributed by atoms with Gasteiger partial charge in [0, 0.05) is 18.6 Å². The second kappa shape index (κ2) is 5.72. The van der Waals surface area contributed by atoms with E-state index in [9.17, 15) is 0 Å². The number of likely N-dealkylation sites (tertiary alicyclic amines) is 1. The van der Waals surface area contributed by atoms with Crippen LogP contribution in [0.25, 0.3) is 0 Å². The smallest absolute Gasteiger partial charge is 0.119 e. The van der Waals surface area contributed by atoms with Gasteiger partial charge in [0.2, 0.25) is 0 Å². The normalized spacial score (nSPS) is 19.1. The Balaban J connectivity index is 1.78. The molecule has 2 rings (SSSR count). The van der Waals surface area contributed by atoms with Gasteiger partial charge in [-0.2, -0.15) is 0 Å². The summed E-state index contributed by atoms with van der Waals surface area (Å²) in [6.45, 7) is 8.17. The number of rotatable bonds is 5. The van der Waals surface area contributed by atoms with Crippen molar-refractivity contribution in [2.24, 2.45) is 5.73 Å². The van der Waals surface area contributed by atoms with Gasteiger partial charge in [0.15, 0.2) is 0 Å². The molecular formula is C15H24N2O. The third kappa shape index (κ3) is 3.24. The van der Waals surface area contributed by atoms with Crippen LogP contribution in [0, 0.1) is 0 Å². The Morgan fingerprint density at radius 2 is 2.00 bits per heavy atom. The molecule has 1 saturated heterocycles. The van der Waals surface area contributed by atoms with Gasteiger partial charge in [0.1, 0.15) is 12.4 Å². The maximum Gasteiger partial charge on any atom is 0.119 e. The van der Waals surface area contributed by atoms with Gasteiger partial charge in [-0.3, -0.25) is 4.90 Å². The fraction of sp³-hybridized carbons (Fsp3) is 0.600. The van der Waals surface area contributed by atoms with E-state index in [4.69, 9.17) is 10.5 Å². The molecule has 0 amide bonds. The van der Waals surface area contributed by atoms with Crippen molar-refractivity contribution in [1.29, 1.82) is 0 Å². The number of hydrogen-bond acceptors (Lipinski definition) is 3. The molecule has 0 unspecified atom stereocenters. The van der Waals surface area contributed by atoms with E-state index in [-0.39, 0.29) is 0 Å². The summed E-state index contributed by atoms with van der Waals surface area (Å²) in [5.74, 6) is 0.934. The molecule has 0 aliphatic carbocycles.